The number of hydrogen-bond donors (Lipinski definition) is 2. The number of aliphatic carboxylic acids is 1. The van der Waals surface area contributed by atoms with Gasteiger partial charge >= 0.3 is 5.97 Å². The van der Waals surface area contributed by atoms with E-state index in [2.05, 4.69) is 31.2 Å². The second-order valence-corrected chi connectivity index (χ2v) is 8.84. The Hall–Kier alpha value is -2.14. The van der Waals surface area contributed by atoms with Crippen LogP contribution in [-0.4, -0.2) is 45.7 Å². The molecule has 0 aromatic heterocycles. The Morgan fingerprint density at radius 2 is 1.87 bits per heavy atom. The van der Waals surface area contributed by atoms with Gasteiger partial charge in [0.1, 0.15) is 0 Å². The molecule has 1 amide bonds. The number of amides is 1. The molecule has 0 unspecified atom stereocenters. The second-order valence-electron chi connectivity index (χ2n) is 8.84. The van der Waals surface area contributed by atoms with Gasteiger partial charge in [0, 0.05) is 19.4 Å². The number of aryl methyl sites for hydroxylation is 1. The minimum Gasteiger partial charge on any atom is -0.481 e. The molecule has 3 atom stereocenters. The number of aliphatic hydroxyl groups is 1. The maximum atomic E-state index is 12.2. The van der Waals surface area contributed by atoms with Crippen LogP contribution in [0.25, 0.3) is 0 Å². The predicted octanol–water partition coefficient (Wildman–Crippen LogP) is 4.98. The number of likely N-dealkylation sites (tertiary alicyclic amines) is 1. The van der Waals surface area contributed by atoms with Gasteiger partial charge in [-0.25, -0.2) is 0 Å². The van der Waals surface area contributed by atoms with Crippen LogP contribution in [0.4, 0.5) is 0 Å². The largest absolute Gasteiger partial charge is 0.481 e. The van der Waals surface area contributed by atoms with Gasteiger partial charge in [0.15, 0.2) is 0 Å². The molecule has 1 aromatic carbocycles. The van der Waals surface area contributed by atoms with Crippen molar-refractivity contribution in [3.05, 3.63) is 48.0 Å². The summed E-state index contributed by atoms with van der Waals surface area (Å²) in [5.74, 6) is -0.362. The summed E-state index contributed by atoms with van der Waals surface area (Å²) in [6, 6.07) is 10.6. The third-order valence-electron chi connectivity index (χ3n) is 6.25. The first-order chi connectivity index (χ1) is 15.0. The molecule has 1 heterocycles. The van der Waals surface area contributed by atoms with E-state index < -0.39 is 12.1 Å². The SMILES string of the molecule is C[C@H](CCCCc1ccccc1)[C@H](O)C=C[C@H]1CCC(=O)N1CCCCCCC(=O)O. The first-order valence-corrected chi connectivity index (χ1v) is 11.9. The number of benzene rings is 1. The predicted molar refractivity (Wildman–Crippen MR) is 124 cm³/mol. The molecule has 1 fully saturated rings. The normalized spacial score (nSPS) is 18.6. The molecule has 2 N–H and O–H groups in total. The first kappa shape index (κ1) is 25.1. The molecule has 1 aliphatic heterocycles. The van der Waals surface area contributed by atoms with Crippen molar-refractivity contribution < 1.29 is 19.8 Å². The fourth-order valence-electron chi connectivity index (χ4n) is 4.20. The van der Waals surface area contributed by atoms with Crippen molar-refractivity contribution in [2.75, 3.05) is 6.54 Å². The van der Waals surface area contributed by atoms with Crippen LogP contribution in [0.1, 0.15) is 76.7 Å². The summed E-state index contributed by atoms with van der Waals surface area (Å²) in [6.45, 7) is 2.80. The lowest BCUT2D eigenvalue weighted by molar-refractivity contribution is -0.137. The molecule has 0 saturated carbocycles. The van der Waals surface area contributed by atoms with Crippen LogP contribution >= 0.6 is 0 Å². The zero-order valence-corrected chi connectivity index (χ0v) is 18.9. The third-order valence-corrected chi connectivity index (χ3v) is 6.25. The summed E-state index contributed by atoms with van der Waals surface area (Å²) in [5, 5.41) is 19.2. The summed E-state index contributed by atoms with van der Waals surface area (Å²) in [7, 11) is 0. The number of rotatable bonds is 15. The van der Waals surface area contributed by atoms with Crippen LogP contribution < -0.4 is 0 Å². The zero-order chi connectivity index (χ0) is 22.5. The van der Waals surface area contributed by atoms with E-state index >= 15 is 0 Å². The molecule has 5 nitrogen and oxygen atoms in total. The molecule has 1 aromatic rings. The van der Waals surface area contributed by atoms with Crippen molar-refractivity contribution >= 4 is 11.9 Å². The number of hydrogen-bond acceptors (Lipinski definition) is 3. The highest BCUT2D eigenvalue weighted by molar-refractivity contribution is 5.79. The molecule has 1 aliphatic rings. The number of aliphatic hydroxyl groups excluding tert-OH is 1. The topological polar surface area (TPSA) is 77.8 Å². The molecule has 5 heteroatoms. The van der Waals surface area contributed by atoms with Gasteiger partial charge in [-0.3, -0.25) is 9.59 Å². The Labute approximate surface area is 187 Å². The monoisotopic (exact) mass is 429 g/mol. The maximum Gasteiger partial charge on any atom is 0.303 e. The number of nitrogens with zero attached hydrogens (tertiary/aromatic N) is 1. The Morgan fingerprint density at radius 1 is 1.13 bits per heavy atom. The molecule has 1 saturated heterocycles. The smallest absolute Gasteiger partial charge is 0.303 e. The highest BCUT2D eigenvalue weighted by Crippen LogP contribution is 2.22. The van der Waals surface area contributed by atoms with Gasteiger partial charge in [0.05, 0.1) is 12.1 Å². The maximum absolute atomic E-state index is 12.2. The van der Waals surface area contributed by atoms with E-state index in [4.69, 9.17) is 5.11 Å². The number of carboxylic acids is 1. The van der Waals surface area contributed by atoms with Crippen molar-refractivity contribution in [3.63, 3.8) is 0 Å². The van der Waals surface area contributed by atoms with Crippen molar-refractivity contribution in [1.29, 1.82) is 0 Å². The van der Waals surface area contributed by atoms with Gasteiger partial charge in [-0.15, -0.1) is 0 Å². The van der Waals surface area contributed by atoms with E-state index in [0.717, 1.165) is 51.4 Å². The Kier molecular flexibility index (Phi) is 11.4. The van der Waals surface area contributed by atoms with E-state index in [9.17, 15) is 14.7 Å². The van der Waals surface area contributed by atoms with Crippen molar-refractivity contribution in [2.24, 2.45) is 5.92 Å². The summed E-state index contributed by atoms with van der Waals surface area (Å²) in [6.07, 6.45) is 12.7. The van der Waals surface area contributed by atoms with Crippen LogP contribution in [0.2, 0.25) is 0 Å². The van der Waals surface area contributed by atoms with E-state index in [1.807, 2.05) is 23.1 Å². The fourth-order valence-corrected chi connectivity index (χ4v) is 4.20. The Morgan fingerprint density at radius 3 is 2.61 bits per heavy atom. The molecule has 0 spiro atoms. The fraction of sp³-hybridized carbons (Fsp3) is 0.615. The molecule has 31 heavy (non-hydrogen) atoms. The van der Waals surface area contributed by atoms with E-state index in [-0.39, 0.29) is 24.3 Å². The first-order valence-electron chi connectivity index (χ1n) is 11.9. The van der Waals surface area contributed by atoms with Gasteiger partial charge in [-0.2, -0.15) is 0 Å². The number of carbonyl (C=O) groups is 2. The van der Waals surface area contributed by atoms with Crippen LogP contribution in [0, 0.1) is 5.92 Å². The summed E-state index contributed by atoms with van der Waals surface area (Å²) < 4.78 is 0. The van der Waals surface area contributed by atoms with Crippen molar-refractivity contribution in [3.8, 4) is 0 Å². The summed E-state index contributed by atoms with van der Waals surface area (Å²) >= 11 is 0. The average molecular weight is 430 g/mol. The zero-order valence-electron chi connectivity index (χ0n) is 18.9. The van der Waals surface area contributed by atoms with Crippen molar-refractivity contribution in [2.45, 2.75) is 89.7 Å². The van der Waals surface area contributed by atoms with E-state index in [1.54, 1.807) is 0 Å². The summed E-state index contributed by atoms with van der Waals surface area (Å²) in [4.78, 5) is 24.7. The molecule has 2 rings (SSSR count). The second kappa shape index (κ2) is 14.0. The van der Waals surface area contributed by atoms with Gasteiger partial charge in [-0.1, -0.05) is 68.7 Å². The third kappa shape index (κ3) is 9.69. The van der Waals surface area contributed by atoms with E-state index in [0.29, 0.717) is 19.4 Å². The van der Waals surface area contributed by atoms with Crippen LogP contribution in [0.5, 0.6) is 0 Å². The summed E-state index contributed by atoms with van der Waals surface area (Å²) in [5.41, 5.74) is 1.36. The minimum atomic E-state index is -0.746. The lowest BCUT2D eigenvalue weighted by Crippen LogP contribution is -2.33. The molecular weight excluding hydrogens is 390 g/mol. The van der Waals surface area contributed by atoms with Crippen molar-refractivity contribution in [1.82, 2.24) is 4.90 Å². The number of carboxylic acid groups (broad SMARTS) is 1. The molecule has 172 valence electrons. The number of unbranched alkanes of at least 4 members (excludes halogenated alkanes) is 4. The Balaban J connectivity index is 1.66. The number of carbonyl (C=O) groups excluding carboxylic acids is 1. The lowest BCUT2D eigenvalue weighted by Gasteiger charge is -2.23. The Bertz CT molecular complexity index is 688. The van der Waals surface area contributed by atoms with Gasteiger partial charge in [-0.05, 0) is 50.0 Å². The highest BCUT2D eigenvalue weighted by atomic mass is 16.4. The molecule has 0 bridgehead atoms. The van der Waals surface area contributed by atoms with Gasteiger partial charge in [0.25, 0.3) is 0 Å². The quantitative estimate of drug-likeness (QED) is 0.304. The van der Waals surface area contributed by atoms with Crippen LogP contribution in [0.15, 0.2) is 42.5 Å². The lowest BCUT2D eigenvalue weighted by atomic mass is 9.95. The molecule has 0 radical (unpaired) electrons. The van der Waals surface area contributed by atoms with Gasteiger partial charge < -0.3 is 15.1 Å². The van der Waals surface area contributed by atoms with Crippen LogP contribution in [0.3, 0.4) is 0 Å². The highest BCUT2D eigenvalue weighted by Gasteiger charge is 2.28. The standard InChI is InChI=1S/C26H39NO4/c1-21(11-8-9-14-22-12-5-4-6-13-22)24(28)18-16-23-17-19-25(29)27(23)20-10-3-2-7-15-26(30)31/h4-6,12-13,16,18,21,23-24,28H,2-3,7-11,14-15,17,19-20H2,1H3,(H,30,31)/t21-,23+,24-/m1/s1. The van der Waals surface area contributed by atoms with Crippen LogP contribution in [-0.2, 0) is 16.0 Å². The molecule has 0 aliphatic carbocycles. The minimum absolute atomic E-state index is 0.0754. The average Bonchev–Trinajstić information content (AvgIpc) is 3.11. The van der Waals surface area contributed by atoms with E-state index in [1.165, 1.54) is 5.56 Å². The molecular formula is C26H39NO4. The van der Waals surface area contributed by atoms with Gasteiger partial charge in [0.2, 0.25) is 5.91 Å².